The van der Waals surface area contributed by atoms with Crippen LogP contribution in [0.4, 0.5) is 5.69 Å². The average molecular weight is 288 g/mol. The Hall–Kier alpha value is -1.10. The quantitative estimate of drug-likeness (QED) is 0.882. The van der Waals surface area contributed by atoms with Gasteiger partial charge in [-0.1, -0.05) is 18.2 Å². The molecule has 0 saturated carbocycles. The number of nitrogens with one attached hydrogen (secondary N) is 1. The van der Waals surface area contributed by atoms with E-state index in [0.29, 0.717) is 0 Å². The maximum atomic E-state index is 3.56. The van der Waals surface area contributed by atoms with Gasteiger partial charge in [0.25, 0.3) is 0 Å². The first-order chi connectivity index (χ1) is 10.2. The second kappa shape index (κ2) is 6.77. The Bertz CT molecular complexity index is 464. The molecular weight excluding hydrogens is 260 g/mol. The molecule has 2 aliphatic rings. The van der Waals surface area contributed by atoms with Crippen molar-refractivity contribution < 1.29 is 0 Å². The fourth-order valence-corrected chi connectivity index (χ4v) is 3.30. The van der Waals surface area contributed by atoms with Crippen LogP contribution in [0.25, 0.3) is 0 Å². The summed E-state index contributed by atoms with van der Waals surface area (Å²) in [5.74, 6) is 0. The van der Waals surface area contributed by atoms with Gasteiger partial charge < -0.3 is 10.2 Å². The minimum Gasteiger partial charge on any atom is -0.384 e. The van der Waals surface area contributed by atoms with E-state index >= 15 is 0 Å². The van der Waals surface area contributed by atoms with E-state index in [2.05, 4.69) is 52.3 Å². The van der Waals surface area contributed by atoms with Crippen LogP contribution in [0, 0.1) is 0 Å². The van der Waals surface area contributed by atoms with Crippen molar-refractivity contribution in [2.75, 3.05) is 65.2 Å². The van der Waals surface area contributed by atoms with Crippen LogP contribution < -0.4 is 5.32 Å². The lowest BCUT2D eigenvalue weighted by Gasteiger charge is -2.35. The van der Waals surface area contributed by atoms with Crippen LogP contribution in [0.2, 0.25) is 0 Å². The van der Waals surface area contributed by atoms with Crippen molar-refractivity contribution in [3.8, 4) is 0 Å². The molecule has 1 aromatic rings. The van der Waals surface area contributed by atoms with Crippen molar-refractivity contribution >= 4 is 5.69 Å². The zero-order chi connectivity index (χ0) is 14.7. The van der Waals surface area contributed by atoms with E-state index in [4.69, 9.17) is 0 Å². The fourth-order valence-electron chi connectivity index (χ4n) is 3.30. The Morgan fingerprint density at radius 3 is 2.62 bits per heavy atom. The zero-order valence-electron chi connectivity index (χ0n) is 13.4. The minimum absolute atomic E-state index is 1.09. The van der Waals surface area contributed by atoms with Gasteiger partial charge in [0, 0.05) is 58.0 Å². The monoisotopic (exact) mass is 288 g/mol. The van der Waals surface area contributed by atoms with Crippen LogP contribution in [0.3, 0.4) is 0 Å². The molecule has 0 atom stereocenters. The molecule has 0 amide bonds. The van der Waals surface area contributed by atoms with Crippen molar-refractivity contribution in [3.63, 3.8) is 0 Å². The molecule has 1 N–H and O–H groups in total. The second-order valence-electron chi connectivity index (χ2n) is 6.55. The van der Waals surface area contributed by atoms with E-state index in [1.54, 1.807) is 0 Å². The summed E-state index contributed by atoms with van der Waals surface area (Å²) in [5, 5.41) is 3.56. The van der Waals surface area contributed by atoms with E-state index in [9.17, 15) is 0 Å². The Kier molecular flexibility index (Phi) is 4.78. The summed E-state index contributed by atoms with van der Waals surface area (Å²) in [6.45, 7) is 9.35. The lowest BCUT2D eigenvalue weighted by molar-refractivity contribution is 0.121. The van der Waals surface area contributed by atoms with E-state index in [1.165, 1.54) is 56.0 Å². The SMILES string of the molecule is CN(C)CCN1CCN(Cc2cccc3c2NCC3)CC1. The molecule has 2 aliphatic heterocycles. The molecule has 4 nitrogen and oxygen atoms in total. The third-order valence-electron chi connectivity index (χ3n) is 4.66. The highest BCUT2D eigenvalue weighted by Gasteiger charge is 2.19. The maximum Gasteiger partial charge on any atom is 0.0419 e. The highest BCUT2D eigenvalue weighted by molar-refractivity contribution is 5.61. The number of nitrogens with zero attached hydrogens (tertiary/aromatic N) is 3. The summed E-state index contributed by atoms with van der Waals surface area (Å²) in [7, 11) is 4.30. The van der Waals surface area contributed by atoms with Crippen molar-refractivity contribution in [2.24, 2.45) is 0 Å². The molecule has 3 rings (SSSR count). The van der Waals surface area contributed by atoms with Gasteiger partial charge in [-0.25, -0.2) is 0 Å². The predicted octanol–water partition coefficient (Wildman–Crippen LogP) is 1.33. The summed E-state index contributed by atoms with van der Waals surface area (Å²) < 4.78 is 0. The van der Waals surface area contributed by atoms with E-state index < -0.39 is 0 Å². The highest BCUT2D eigenvalue weighted by atomic mass is 15.3. The van der Waals surface area contributed by atoms with Gasteiger partial charge in [-0.2, -0.15) is 0 Å². The number of rotatable bonds is 5. The molecule has 21 heavy (non-hydrogen) atoms. The first kappa shape index (κ1) is 14.8. The standard InChI is InChI=1S/C17H28N4/c1-19(2)8-9-20-10-12-21(13-11-20)14-16-5-3-4-15-6-7-18-17(15)16/h3-5,18H,6-14H2,1-2H3. The summed E-state index contributed by atoms with van der Waals surface area (Å²) in [6, 6.07) is 6.77. The summed E-state index contributed by atoms with van der Waals surface area (Å²) in [5.41, 5.74) is 4.39. The van der Waals surface area contributed by atoms with Crippen LogP contribution in [-0.2, 0) is 13.0 Å². The number of para-hydroxylation sites is 1. The molecule has 2 heterocycles. The van der Waals surface area contributed by atoms with Crippen LogP contribution in [0.15, 0.2) is 18.2 Å². The second-order valence-corrected chi connectivity index (χ2v) is 6.55. The van der Waals surface area contributed by atoms with Crippen molar-refractivity contribution in [1.82, 2.24) is 14.7 Å². The molecule has 116 valence electrons. The molecule has 0 spiro atoms. The Balaban J connectivity index is 1.51. The first-order valence-electron chi connectivity index (χ1n) is 8.16. The smallest absolute Gasteiger partial charge is 0.0419 e. The third-order valence-corrected chi connectivity index (χ3v) is 4.66. The highest BCUT2D eigenvalue weighted by Crippen LogP contribution is 2.27. The molecule has 1 saturated heterocycles. The van der Waals surface area contributed by atoms with Crippen molar-refractivity contribution in [2.45, 2.75) is 13.0 Å². The molecule has 0 radical (unpaired) electrons. The van der Waals surface area contributed by atoms with Gasteiger partial charge in [0.05, 0.1) is 0 Å². The summed E-state index contributed by atoms with van der Waals surface area (Å²) in [6.07, 6.45) is 1.18. The van der Waals surface area contributed by atoms with Gasteiger partial charge in [-0.3, -0.25) is 9.80 Å². The molecule has 1 fully saturated rings. The van der Waals surface area contributed by atoms with E-state index in [-0.39, 0.29) is 0 Å². The fraction of sp³-hybridized carbons (Fsp3) is 0.647. The molecule has 0 unspecified atom stereocenters. The van der Waals surface area contributed by atoms with E-state index in [1.807, 2.05) is 0 Å². The van der Waals surface area contributed by atoms with Crippen molar-refractivity contribution in [3.05, 3.63) is 29.3 Å². The topological polar surface area (TPSA) is 21.8 Å². The van der Waals surface area contributed by atoms with Gasteiger partial charge >= 0.3 is 0 Å². The number of fused-ring (bicyclic) bond motifs is 1. The number of anilines is 1. The zero-order valence-corrected chi connectivity index (χ0v) is 13.4. The van der Waals surface area contributed by atoms with Gasteiger partial charge in [0.2, 0.25) is 0 Å². The molecule has 0 aromatic heterocycles. The van der Waals surface area contributed by atoms with Crippen LogP contribution in [-0.4, -0.2) is 74.6 Å². The summed E-state index contributed by atoms with van der Waals surface area (Å²) in [4.78, 5) is 7.46. The number of hydrogen-bond acceptors (Lipinski definition) is 4. The van der Waals surface area contributed by atoms with Crippen LogP contribution >= 0.6 is 0 Å². The summed E-state index contributed by atoms with van der Waals surface area (Å²) >= 11 is 0. The third kappa shape index (κ3) is 3.76. The number of likely N-dealkylation sites (N-methyl/N-ethyl adjacent to an activating group) is 1. The van der Waals surface area contributed by atoms with Gasteiger partial charge in [0.1, 0.15) is 0 Å². The number of piperazine rings is 1. The lowest BCUT2D eigenvalue weighted by Crippen LogP contribution is -2.47. The van der Waals surface area contributed by atoms with Crippen LogP contribution in [0.1, 0.15) is 11.1 Å². The minimum atomic E-state index is 1.09. The average Bonchev–Trinajstić information content (AvgIpc) is 2.96. The number of hydrogen-bond donors (Lipinski definition) is 1. The van der Waals surface area contributed by atoms with Crippen LogP contribution in [0.5, 0.6) is 0 Å². The normalized spacial score (nSPS) is 19.8. The Labute approximate surface area is 128 Å². The Morgan fingerprint density at radius 2 is 1.86 bits per heavy atom. The molecular formula is C17H28N4. The predicted molar refractivity (Wildman–Crippen MR) is 88.9 cm³/mol. The van der Waals surface area contributed by atoms with Gasteiger partial charge in [-0.15, -0.1) is 0 Å². The maximum absolute atomic E-state index is 3.56. The van der Waals surface area contributed by atoms with Gasteiger partial charge in [-0.05, 0) is 31.6 Å². The van der Waals surface area contributed by atoms with Crippen molar-refractivity contribution in [1.29, 1.82) is 0 Å². The molecule has 0 aliphatic carbocycles. The lowest BCUT2D eigenvalue weighted by atomic mass is 10.1. The Morgan fingerprint density at radius 1 is 1.10 bits per heavy atom. The first-order valence-corrected chi connectivity index (χ1v) is 8.16. The molecule has 1 aromatic carbocycles. The van der Waals surface area contributed by atoms with E-state index in [0.717, 1.165) is 19.6 Å². The molecule has 0 bridgehead atoms. The molecule has 4 heteroatoms. The largest absolute Gasteiger partial charge is 0.384 e. The van der Waals surface area contributed by atoms with Gasteiger partial charge in [0.15, 0.2) is 0 Å². The number of benzene rings is 1.